The molecule has 3 heterocycles. The third-order valence-electron chi connectivity index (χ3n) is 4.83. The normalized spacial score (nSPS) is 19.6. The van der Waals surface area contributed by atoms with E-state index in [-0.39, 0.29) is 11.6 Å². The van der Waals surface area contributed by atoms with E-state index in [9.17, 15) is 14.9 Å². The van der Waals surface area contributed by atoms with Gasteiger partial charge in [-0.1, -0.05) is 11.6 Å². The lowest BCUT2D eigenvalue weighted by atomic mass is 9.95. The van der Waals surface area contributed by atoms with Gasteiger partial charge in [-0.15, -0.1) is 0 Å². The van der Waals surface area contributed by atoms with Gasteiger partial charge < -0.3 is 9.80 Å². The van der Waals surface area contributed by atoms with Crippen LogP contribution in [0.2, 0.25) is 5.02 Å². The molecule has 0 bridgehead atoms. The number of hydrogen-bond donors (Lipinski definition) is 0. The van der Waals surface area contributed by atoms with Gasteiger partial charge in [0, 0.05) is 38.7 Å². The number of amides is 1. The van der Waals surface area contributed by atoms with E-state index in [0.717, 1.165) is 51.9 Å². The number of pyridine rings is 1. The molecule has 0 spiro atoms. The molecule has 1 amide bonds. The number of halogens is 1. The molecule has 0 aromatic carbocycles. The molecule has 1 aromatic rings. The first-order chi connectivity index (χ1) is 11.5. The zero-order valence-electron chi connectivity index (χ0n) is 13.5. The predicted molar refractivity (Wildman–Crippen MR) is 91.3 cm³/mol. The summed E-state index contributed by atoms with van der Waals surface area (Å²) < 4.78 is 0. The lowest BCUT2D eigenvalue weighted by Gasteiger charge is -2.36. The fraction of sp³-hybridized carbons (Fsp3) is 0.625. The Bertz CT molecular complexity index is 632. The van der Waals surface area contributed by atoms with E-state index < -0.39 is 4.92 Å². The van der Waals surface area contributed by atoms with Gasteiger partial charge in [0.05, 0.1) is 9.95 Å². The third-order valence-corrected chi connectivity index (χ3v) is 5.11. The molecule has 24 heavy (non-hydrogen) atoms. The van der Waals surface area contributed by atoms with E-state index in [1.807, 2.05) is 4.90 Å². The van der Waals surface area contributed by atoms with Crippen LogP contribution in [-0.4, -0.2) is 46.9 Å². The van der Waals surface area contributed by atoms with Gasteiger partial charge in [-0.05, 0) is 31.6 Å². The lowest BCUT2D eigenvalue weighted by Crippen LogP contribution is -2.43. The van der Waals surface area contributed by atoms with Crippen molar-refractivity contribution >= 4 is 29.0 Å². The Kier molecular flexibility index (Phi) is 5.18. The number of aromatic nitrogens is 1. The molecule has 0 radical (unpaired) electrons. The fourth-order valence-corrected chi connectivity index (χ4v) is 3.73. The van der Waals surface area contributed by atoms with Crippen molar-refractivity contribution in [2.45, 2.75) is 32.1 Å². The van der Waals surface area contributed by atoms with Crippen LogP contribution in [0.5, 0.6) is 0 Å². The summed E-state index contributed by atoms with van der Waals surface area (Å²) in [7, 11) is 0. The largest absolute Gasteiger partial charge is 0.355 e. The number of piperidine rings is 2. The topological polar surface area (TPSA) is 79.6 Å². The van der Waals surface area contributed by atoms with Crippen molar-refractivity contribution in [1.29, 1.82) is 0 Å². The molecule has 2 fully saturated rings. The molecular formula is C16H21ClN4O3. The summed E-state index contributed by atoms with van der Waals surface area (Å²) in [5.74, 6) is 1.39. The minimum absolute atomic E-state index is 0.0951. The molecule has 2 saturated heterocycles. The first-order valence-corrected chi connectivity index (χ1v) is 8.75. The predicted octanol–water partition coefficient (Wildman–Crippen LogP) is 2.87. The highest BCUT2D eigenvalue weighted by Gasteiger charge is 2.26. The maximum Gasteiger partial charge on any atom is 0.289 e. The number of likely N-dealkylation sites (tertiary alicyclic amines) is 1. The Balaban J connectivity index is 1.57. The molecule has 1 aromatic heterocycles. The van der Waals surface area contributed by atoms with E-state index in [1.165, 1.54) is 12.3 Å². The van der Waals surface area contributed by atoms with Gasteiger partial charge in [0.15, 0.2) is 0 Å². The van der Waals surface area contributed by atoms with Gasteiger partial charge in [-0.25, -0.2) is 4.98 Å². The molecule has 0 aliphatic carbocycles. The molecular weight excluding hydrogens is 332 g/mol. The van der Waals surface area contributed by atoms with Crippen molar-refractivity contribution in [2.75, 3.05) is 31.1 Å². The standard InChI is InChI=1S/C16H21ClN4O3/c17-14-9-13(21(23)24)10-18-16(14)19-7-4-12(5-8-19)11-20-6-2-1-3-15(20)22/h9-10,12H,1-8,11H2. The summed E-state index contributed by atoms with van der Waals surface area (Å²) in [5, 5.41) is 11.1. The molecule has 2 aliphatic rings. The first kappa shape index (κ1) is 17.0. The van der Waals surface area contributed by atoms with E-state index in [4.69, 9.17) is 11.6 Å². The summed E-state index contributed by atoms with van der Waals surface area (Å²) in [5.41, 5.74) is -0.0951. The highest BCUT2D eigenvalue weighted by molar-refractivity contribution is 6.33. The minimum atomic E-state index is -0.496. The molecule has 2 aliphatic heterocycles. The van der Waals surface area contributed by atoms with Crippen LogP contribution in [0.15, 0.2) is 12.3 Å². The molecule has 7 nitrogen and oxygen atoms in total. The number of nitro groups is 1. The van der Waals surface area contributed by atoms with Gasteiger partial charge in [0.2, 0.25) is 5.91 Å². The van der Waals surface area contributed by atoms with Crippen molar-refractivity contribution in [2.24, 2.45) is 5.92 Å². The van der Waals surface area contributed by atoms with Crippen molar-refractivity contribution in [1.82, 2.24) is 9.88 Å². The van der Waals surface area contributed by atoms with Crippen molar-refractivity contribution in [3.8, 4) is 0 Å². The Morgan fingerprint density at radius 1 is 1.29 bits per heavy atom. The minimum Gasteiger partial charge on any atom is -0.355 e. The second kappa shape index (κ2) is 7.34. The van der Waals surface area contributed by atoms with Crippen LogP contribution in [-0.2, 0) is 4.79 Å². The molecule has 130 valence electrons. The van der Waals surface area contributed by atoms with Crippen LogP contribution in [0.3, 0.4) is 0 Å². The Hall–Kier alpha value is -1.89. The second-order valence-electron chi connectivity index (χ2n) is 6.48. The van der Waals surface area contributed by atoms with Crippen LogP contribution >= 0.6 is 11.6 Å². The van der Waals surface area contributed by atoms with E-state index in [1.54, 1.807) is 0 Å². The monoisotopic (exact) mass is 352 g/mol. The SMILES string of the molecule is O=C1CCCCN1CC1CCN(c2ncc([N+](=O)[O-])cc2Cl)CC1. The summed E-state index contributed by atoms with van der Waals surface area (Å²) in [6.07, 6.45) is 5.99. The van der Waals surface area contributed by atoms with Crippen LogP contribution in [0.25, 0.3) is 0 Å². The average molecular weight is 353 g/mol. The Labute approximate surface area is 145 Å². The van der Waals surface area contributed by atoms with Crippen molar-refractivity contribution in [3.05, 3.63) is 27.4 Å². The highest BCUT2D eigenvalue weighted by atomic mass is 35.5. The van der Waals surface area contributed by atoms with Crippen LogP contribution in [0, 0.1) is 16.0 Å². The molecule has 0 unspecified atom stereocenters. The molecule has 0 N–H and O–H groups in total. The molecule has 3 rings (SSSR count). The van der Waals surface area contributed by atoms with Gasteiger partial charge in [-0.2, -0.15) is 0 Å². The van der Waals surface area contributed by atoms with E-state index >= 15 is 0 Å². The van der Waals surface area contributed by atoms with Crippen LogP contribution in [0.1, 0.15) is 32.1 Å². The first-order valence-electron chi connectivity index (χ1n) is 8.37. The van der Waals surface area contributed by atoms with Crippen molar-refractivity contribution in [3.63, 3.8) is 0 Å². The smallest absolute Gasteiger partial charge is 0.289 e. The molecule has 8 heteroatoms. The Morgan fingerprint density at radius 3 is 2.67 bits per heavy atom. The number of nitrogens with zero attached hydrogens (tertiary/aromatic N) is 4. The highest BCUT2D eigenvalue weighted by Crippen LogP contribution is 2.30. The average Bonchev–Trinajstić information content (AvgIpc) is 2.58. The summed E-state index contributed by atoms with van der Waals surface area (Å²) >= 11 is 6.16. The lowest BCUT2D eigenvalue weighted by molar-refractivity contribution is -0.385. The van der Waals surface area contributed by atoms with Crippen LogP contribution in [0.4, 0.5) is 11.5 Å². The second-order valence-corrected chi connectivity index (χ2v) is 6.89. The van der Waals surface area contributed by atoms with Crippen LogP contribution < -0.4 is 4.90 Å². The maximum absolute atomic E-state index is 11.9. The zero-order chi connectivity index (χ0) is 17.1. The number of rotatable bonds is 4. The molecule has 0 atom stereocenters. The van der Waals surface area contributed by atoms with Crippen molar-refractivity contribution < 1.29 is 9.72 Å². The number of hydrogen-bond acceptors (Lipinski definition) is 5. The fourth-order valence-electron chi connectivity index (χ4n) is 3.45. The summed E-state index contributed by atoms with van der Waals surface area (Å²) in [6.45, 7) is 3.33. The number of anilines is 1. The van der Waals surface area contributed by atoms with Gasteiger partial charge in [0.1, 0.15) is 12.0 Å². The van der Waals surface area contributed by atoms with Gasteiger partial charge in [-0.3, -0.25) is 14.9 Å². The summed E-state index contributed by atoms with van der Waals surface area (Å²) in [6, 6.07) is 1.35. The zero-order valence-corrected chi connectivity index (χ0v) is 14.2. The number of carbonyl (C=O) groups excluding carboxylic acids is 1. The van der Waals surface area contributed by atoms with Gasteiger partial charge in [0.25, 0.3) is 5.69 Å². The number of carbonyl (C=O) groups is 1. The van der Waals surface area contributed by atoms with Gasteiger partial charge >= 0.3 is 0 Å². The van der Waals surface area contributed by atoms with E-state index in [0.29, 0.717) is 23.2 Å². The third kappa shape index (κ3) is 3.77. The quantitative estimate of drug-likeness (QED) is 0.615. The molecule has 0 saturated carbocycles. The maximum atomic E-state index is 11.9. The Morgan fingerprint density at radius 2 is 2.04 bits per heavy atom. The summed E-state index contributed by atoms with van der Waals surface area (Å²) in [4.78, 5) is 30.4. The van der Waals surface area contributed by atoms with E-state index in [2.05, 4.69) is 9.88 Å².